The number of carbonyl (C=O) groups is 2. The van der Waals surface area contributed by atoms with Crippen LogP contribution in [0.25, 0.3) is 0 Å². The first-order chi connectivity index (χ1) is 8.61. The Hall–Kier alpha value is -1.75. The maximum atomic E-state index is 12.8. The van der Waals surface area contributed by atoms with Crippen LogP contribution in [0.2, 0.25) is 0 Å². The second-order valence-electron chi connectivity index (χ2n) is 4.38. The van der Waals surface area contributed by atoms with Crippen LogP contribution in [0, 0.1) is 5.82 Å². The molecule has 96 valence electrons. The van der Waals surface area contributed by atoms with E-state index in [1.54, 1.807) is 12.1 Å². The van der Waals surface area contributed by atoms with Gasteiger partial charge in [-0.2, -0.15) is 0 Å². The molecular weight excluding hydrogens is 235 g/mol. The number of hydrogen-bond donors (Lipinski definition) is 1. The molecule has 1 saturated heterocycles. The zero-order chi connectivity index (χ0) is 13.1. The molecule has 1 fully saturated rings. The Morgan fingerprint density at radius 3 is 2.22 bits per heavy atom. The Morgan fingerprint density at radius 2 is 1.72 bits per heavy atom. The van der Waals surface area contributed by atoms with Crippen molar-refractivity contribution in [2.45, 2.75) is 18.8 Å². The van der Waals surface area contributed by atoms with Gasteiger partial charge in [-0.05, 0) is 17.7 Å². The highest BCUT2D eigenvalue weighted by molar-refractivity contribution is 5.98. The quantitative estimate of drug-likeness (QED) is 0.814. The van der Waals surface area contributed by atoms with Gasteiger partial charge in [0.2, 0.25) is 11.8 Å². The molecule has 18 heavy (non-hydrogen) atoms. The smallest absolute Gasteiger partial charge is 0.229 e. The molecule has 1 heterocycles. The van der Waals surface area contributed by atoms with E-state index in [2.05, 4.69) is 0 Å². The van der Waals surface area contributed by atoms with Crippen molar-refractivity contribution in [2.75, 3.05) is 13.1 Å². The van der Waals surface area contributed by atoms with Gasteiger partial charge >= 0.3 is 0 Å². The number of nitrogens with two attached hydrogens (primary N) is 1. The Labute approximate surface area is 105 Å². The average Bonchev–Trinajstić information content (AvgIpc) is 2.34. The average molecular weight is 250 g/mol. The van der Waals surface area contributed by atoms with Gasteiger partial charge in [-0.25, -0.2) is 4.39 Å². The van der Waals surface area contributed by atoms with Crippen LogP contribution in [0.1, 0.15) is 24.3 Å². The van der Waals surface area contributed by atoms with Crippen LogP contribution in [0.3, 0.4) is 0 Å². The molecule has 4 nitrogen and oxygen atoms in total. The summed E-state index contributed by atoms with van der Waals surface area (Å²) in [7, 11) is 0. The van der Waals surface area contributed by atoms with Crippen molar-refractivity contribution < 1.29 is 14.0 Å². The molecule has 5 heteroatoms. The highest BCUT2D eigenvalue weighted by atomic mass is 19.1. The molecule has 0 aromatic heterocycles. The molecule has 2 rings (SSSR count). The van der Waals surface area contributed by atoms with Crippen molar-refractivity contribution in [3.8, 4) is 0 Å². The van der Waals surface area contributed by atoms with Crippen LogP contribution in [0.4, 0.5) is 4.39 Å². The minimum atomic E-state index is -0.322. The Bertz CT molecular complexity index is 441. The third kappa shape index (κ3) is 2.56. The van der Waals surface area contributed by atoms with E-state index in [1.165, 1.54) is 17.0 Å². The third-order valence-electron chi connectivity index (χ3n) is 3.14. The van der Waals surface area contributed by atoms with E-state index in [1.807, 2.05) is 0 Å². The number of likely N-dealkylation sites (tertiary alicyclic amines) is 1. The van der Waals surface area contributed by atoms with Gasteiger partial charge in [0, 0.05) is 31.8 Å². The van der Waals surface area contributed by atoms with E-state index >= 15 is 0 Å². The van der Waals surface area contributed by atoms with Gasteiger partial charge in [0.05, 0.1) is 0 Å². The summed E-state index contributed by atoms with van der Waals surface area (Å²) >= 11 is 0. The molecule has 2 N–H and O–H groups in total. The van der Waals surface area contributed by atoms with Crippen LogP contribution < -0.4 is 5.73 Å². The lowest BCUT2D eigenvalue weighted by Gasteiger charge is -2.29. The summed E-state index contributed by atoms with van der Waals surface area (Å²) in [6, 6.07) is 5.94. The maximum Gasteiger partial charge on any atom is 0.229 e. The molecule has 2 amide bonds. The van der Waals surface area contributed by atoms with Crippen molar-refractivity contribution in [3.63, 3.8) is 0 Å². The highest BCUT2D eigenvalue weighted by Crippen LogP contribution is 2.29. The molecule has 0 aliphatic carbocycles. The molecule has 1 aromatic rings. The molecule has 0 saturated carbocycles. The van der Waals surface area contributed by atoms with Gasteiger partial charge in [0.1, 0.15) is 5.82 Å². The maximum absolute atomic E-state index is 12.8. The molecule has 0 unspecified atom stereocenters. The lowest BCUT2D eigenvalue weighted by Crippen LogP contribution is -2.44. The fourth-order valence-corrected chi connectivity index (χ4v) is 2.20. The number of carbonyl (C=O) groups excluding carboxylic acids is 2. The molecule has 0 bridgehead atoms. The van der Waals surface area contributed by atoms with Gasteiger partial charge in [0.25, 0.3) is 0 Å². The fourth-order valence-electron chi connectivity index (χ4n) is 2.20. The predicted molar refractivity (Wildman–Crippen MR) is 64.1 cm³/mol. The monoisotopic (exact) mass is 250 g/mol. The zero-order valence-electron chi connectivity index (χ0n) is 9.93. The summed E-state index contributed by atoms with van der Waals surface area (Å²) < 4.78 is 12.8. The molecule has 0 atom stereocenters. The second kappa shape index (κ2) is 5.27. The van der Waals surface area contributed by atoms with Crippen LogP contribution in [-0.4, -0.2) is 29.8 Å². The Kier molecular flexibility index (Phi) is 3.72. The van der Waals surface area contributed by atoms with E-state index in [0.29, 0.717) is 0 Å². The van der Waals surface area contributed by atoms with E-state index in [4.69, 9.17) is 5.73 Å². The number of hydrogen-bond acceptors (Lipinski definition) is 3. The van der Waals surface area contributed by atoms with E-state index in [-0.39, 0.29) is 49.5 Å². The number of imide groups is 1. The first kappa shape index (κ1) is 12.7. The number of halogens is 1. The van der Waals surface area contributed by atoms with Crippen LogP contribution >= 0.6 is 0 Å². The Balaban J connectivity index is 2.12. The summed E-state index contributed by atoms with van der Waals surface area (Å²) in [5.74, 6) is -0.881. The summed E-state index contributed by atoms with van der Waals surface area (Å²) in [6.45, 7) is 0.548. The highest BCUT2D eigenvalue weighted by Gasteiger charge is 2.32. The van der Waals surface area contributed by atoms with Gasteiger partial charge in [-0.15, -0.1) is 0 Å². The van der Waals surface area contributed by atoms with E-state index in [9.17, 15) is 14.0 Å². The SMILES string of the molecule is NCCN1C(=O)CC(c2ccc(F)cc2)CC1=O. The summed E-state index contributed by atoms with van der Waals surface area (Å²) in [5.41, 5.74) is 6.18. The summed E-state index contributed by atoms with van der Waals surface area (Å²) in [4.78, 5) is 24.8. The largest absolute Gasteiger partial charge is 0.329 e. The first-order valence-electron chi connectivity index (χ1n) is 5.90. The molecule has 1 aromatic carbocycles. The number of nitrogens with zero attached hydrogens (tertiary/aromatic N) is 1. The number of piperidine rings is 1. The lowest BCUT2D eigenvalue weighted by molar-refractivity contribution is -0.148. The van der Waals surface area contributed by atoms with E-state index < -0.39 is 0 Å². The molecule has 0 radical (unpaired) electrons. The summed E-state index contributed by atoms with van der Waals surface area (Å²) in [5, 5.41) is 0. The second-order valence-corrected chi connectivity index (χ2v) is 4.38. The van der Waals surface area contributed by atoms with Crippen molar-refractivity contribution in [3.05, 3.63) is 35.6 Å². The van der Waals surface area contributed by atoms with Crippen molar-refractivity contribution in [2.24, 2.45) is 5.73 Å². The molecule has 1 aliphatic heterocycles. The van der Waals surface area contributed by atoms with Crippen LogP contribution in [0.5, 0.6) is 0 Å². The van der Waals surface area contributed by atoms with Gasteiger partial charge in [-0.1, -0.05) is 12.1 Å². The minimum Gasteiger partial charge on any atom is -0.329 e. The zero-order valence-corrected chi connectivity index (χ0v) is 9.93. The van der Waals surface area contributed by atoms with Crippen molar-refractivity contribution in [1.29, 1.82) is 0 Å². The predicted octanol–water partition coefficient (Wildman–Crippen LogP) is 1.02. The van der Waals surface area contributed by atoms with Gasteiger partial charge in [0.15, 0.2) is 0 Å². The summed E-state index contributed by atoms with van der Waals surface area (Å²) in [6.07, 6.45) is 0.550. The standard InChI is InChI=1S/C13H15FN2O2/c14-11-3-1-9(2-4-11)10-7-12(17)16(6-5-15)13(18)8-10/h1-4,10H,5-8,15H2. The number of benzene rings is 1. The van der Waals surface area contributed by atoms with Crippen LogP contribution in [-0.2, 0) is 9.59 Å². The molecule has 1 aliphatic rings. The molecule has 0 spiro atoms. The molecular formula is C13H15FN2O2. The van der Waals surface area contributed by atoms with Gasteiger partial charge < -0.3 is 5.73 Å². The number of rotatable bonds is 3. The topological polar surface area (TPSA) is 63.4 Å². The normalized spacial score (nSPS) is 17.3. The third-order valence-corrected chi connectivity index (χ3v) is 3.14. The van der Waals surface area contributed by atoms with Gasteiger partial charge in [-0.3, -0.25) is 14.5 Å². The van der Waals surface area contributed by atoms with Crippen molar-refractivity contribution in [1.82, 2.24) is 4.90 Å². The first-order valence-corrected chi connectivity index (χ1v) is 5.90. The number of amides is 2. The minimum absolute atomic E-state index is 0.153. The van der Waals surface area contributed by atoms with Crippen LogP contribution in [0.15, 0.2) is 24.3 Å². The van der Waals surface area contributed by atoms with E-state index in [0.717, 1.165) is 5.56 Å². The lowest BCUT2D eigenvalue weighted by atomic mass is 9.88. The van der Waals surface area contributed by atoms with Crippen molar-refractivity contribution >= 4 is 11.8 Å². The Morgan fingerprint density at radius 1 is 1.17 bits per heavy atom. The fraction of sp³-hybridized carbons (Fsp3) is 0.385.